The highest BCUT2D eigenvalue weighted by Gasteiger charge is 2.09. The molecule has 1 aromatic heterocycles. The molecule has 0 aliphatic heterocycles. The fourth-order valence-electron chi connectivity index (χ4n) is 2.22. The summed E-state index contributed by atoms with van der Waals surface area (Å²) in [4.78, 5) is 17.1. The van der Waals surface area contributed by atoms with Crippen molar-refractivity contribution in [3.63, 3.8) is 0 Å². The van der Waals surface area contributed by atoms with Gasteiger partial charge in [0.15, 0.2) is 0 Å². The molecule has 0 spiro atoms. The Labute approximate surface area is 137 Å². The Hall–Kier alpha value is -1.10. The first-order chi connectivity index (χ1) is 9.27. The van der Waals surface area contributed by atoms with E-state index in [4.69, 9.17) is 5.73 Å². The zero-order valence-corrected chi connectivity index (χ0v) is 13.9. The number of aromatic nitrogens is 2. The summed E-state index contributed by atoms with van der Waals surface area (Å²) in [5.74, 6) is 0.888. The second kappa shape index (κ2) is 9.77. The minimum atomic E-state index is 0. The van der Waals surface area contributed by atoms with Gasteiger partial charge in [-0.1, -0.05) is 25.5 Å². The number of benzene rings is 1. The van der Waals surface area contributed by atoms with E-state index in [1.807, 2.05) is 24.3 Å². The molecule has 0 amide bonds. The normalized spacial score (nSPS) is 10.0. The summed E-state index contributed by atoms with van der Waals surface area (Å²) in [6.07, 6.45) is 3.80. The molecule has 0 aliphatic rings. The van der Waals surface area contributed by atoms with Crippen LogP contribution in [0.4, 0.5) is 0 Å². The maximum atomic E-state index is 12.5. The van der Waals surface area contributed by atoms with Gasteiger partial charge in [-0.05, 0) is 31.5 Å². The summed E-state index contributed by atoms with van der Waals surface area (Å²) in [7, 11) is 0. The summed E-state index contributed by atoms with van der Waals surface area (Å²) in [5, 5.41) is 0.694. The van der Waals surface area contributed by atoms with Crippen LogP contribution < -0.4 is 11.3 Å². The van der Waals surface area contributed by atoms with E-state index in [2.05, 4.69) is 11.9 Å². The predicted molar refractivity (Wildman–Crippen MR) is 92.8 cm³/mol. The lowest BCUT2D eigenvalue weighted by molar-refractivity contribution is 0.577. The van der Waals surface area contributed by atoms with Crippen molar-refractivity contribution in [2.24, 2.45) is 5.73 Å². The van der Waals surface area contributed by atoms with Gasteiger partial charge < -0.3 is 5.73 Å². The first-order valence-corrected chi connectivity index (χ1v) is 6.96. The molecule has 21 heavy (non-hydrogen) atoms. The van der Waals surface area contributed by atoms with Gasteiger partial charge in [0.25, 0.3) is 5.56 Å². The van der Waals surface area contributed by atoms with Gasteiger partial charge in [-0.25, -0.2) is 4.98 Å². The number of nitrogens with zero attached hydrogens (tertiary/aromatic N) is 2. The number of aryl methyl sites for hydroxylation is 1. The summed E-state index contributed by atoms with van der Waals surface area (Å²) >= 11 is 0. The number of hydrogen-bond acceptors (Lipinski definition) is 3. The molecule has 0 bridgehead atoms. The Balaban J connectivity index is 0.00000200. The predicted octanol–water partition coefficient (Wildman–Crippen LogP) is 2.93. The molecule has 0 fully saturated rings. The first kappa shape index (κ1) is 19.9. The van der Waals surface area contributed by atoms with Crippen molar-refractivity contribution in [1.29, 1.82) is 0 Å². The molecule has 118 valence electrons. The number of para-hydroxylation sites is 1. The second-order valence-electron chi connectivity index (χ2n) is 4.75. The number of rotatable bonds is 6. The summed E-state index contributed by atoms with van der Waals surface area (Å²) < 4.78 is 1.80. The third-order valence-electron chi connectivity index (χ3n) is 3.28. The zero-order chi connectivity index (χ0) is 13.7. The molecule has 1 aromatic carbocycles. The molecule has 0 saturated carbocycles. The van der Waals surface area contributed by atoms with Crippen LogP contribution in [0.1, 0.15) is 32.0 Å². The molecule has 2 N–H and O–H groups in total. The number of nitrogens with two attached hydrogens (primary N) is 1. The summed E-state index contributed by atoms with van der Waals surface area (Å²) in [6, 6.07) is 7.54. The van der Waals surface area contributed by atoms with E-state index in [9.17, 15) is 4.79 Å². The van der Waals surface area contributed by atoms with Crippen molar-refractivity contribution in [3.8, 4) is 0 Å². The first-order valence-electron chi connectivity index (χ1n) is 6.96. The number of hydrogen-bond donors (Lipinski definition) is 1. The van der Waals surface area contributed by atoms with Gasteiger partial charge in [0, 0.05) is 13.0 Å². The fraction of sp³-hybridized carbons (Fsp3) is 0.467. The molecule has 2 rings (SSSR count). The average molecular weight is 332 g/mol. The lowest BCUT2D eigenvalue weighted by Gasteiger charge is -2.12. The quantitative estimate of drug-likeness (QED) is 0.885. The van der Waals surface area contributed by atoms with Gasteiger partial charge in [-0.15, -0.1) is 24.8 Å². The molecule has 4 nitrogen and oxygen atoms in total. The number of unbranched alkanes of at least 4 members (excludes halogenated alkanes) is 1. The lowest BCUT2D eigenvalue weighted by Crippen LogP contribution is -2.26. The van der Waals surface area contributed by atoms with Crippen molar-refractivity contribution < 1.29 is 0 Å². The number of fused-ring (bicyclic) bond motifs is 1. The molecule has 6 heteroatoms. The summed E-state index contributed by atoms with van der Waals surface area (Å²) in [5.41, 5.74) is 6.41. The van der Waals surface area contributed by atoms with E-state index in [0.717, 1.165) is 37.0 Å². The van der Waals surface area contributed by atoms with Crippen LogP contribution in [0, 0.1) is 0 Å². The van der Waals surface area contributed by atoms with Crippen LogP contribution in [0.15, 0.2) is 29.1 Å². The van der Waals surface area contributed by atoms with E-state index in [1.54, 1.807) is 4.57 Å². The molecule has 0 radical (unpaired) electrons. The molecule has 0 unspecified atom stereocenters. The van der Waals surface area contributed by atoms with Crippen molar-refractivity contribution in [1.82, 2.24) is 9.55 Å². The second-order valence-corrected chi connectivity index (χ2v) is 4.75. The van der Waals surface area contributed by atoms with Gasteiger partial charge in [0.05, 0.1) is 10.9 Å². The van der Waals surface area contributed by atoms with Crippen molar-refractivity contribution in [3.05, 3.63) is 40.4 Å². The highest BCUT2D eigenvalue weighted by molar-refractivity contribution is 5.85. The molecule has 0 atom stereocenters. The third kappa shape index (κ3) is 4.70. The Bertz CT molecular complexity index is 613. The van der Waals surface area contributed by atoms with Crippen LogP contribution in [-0.4, -0.2) is 16.1 Å². The van der Waals surface area contributed by atoms with Gasteiger partial charge >= 0.3 is 0 Å². The van der Waals surface area contributed by atoms with Crippen LogP contribution >= 0.6 is 24.8 Å². The van der Waals surface area contributed by atoms with Crippen LogP contribution in [0.25, 0.3) is 10.9 Å². The minimum Gasteiger partial charge on any atom is -0.330 e. The molecule has 1 heterocycles. The fourth-order valence-corrected chi connectivity index (χ4v) is 2.22. The van der Waals surface area contributed by atoms with Crippen molar-refractivity contribution in [2.45, 2.75) is 39.2 Å². The number of halogens is 2. The van der Waals surface area contributed by atoms with Gasteiger partial charge in [-0.3, -0.25) is 9.36 Å². The van der Waals surface area contributed by atoms with Crippen LogP contribution in [-0.2, 0) is 13.0 Å². The van der Waals surface area contributed by atoms with Crippen LogP contribution in [0.2, 0.25) is 0 Å². The monoisotopic (exact) mass is 331 g/mol. The molecule has 0 saturated heterocycles. The van der Waals surface area contributed by atoms with E-state index in [-0.39, 0.29) is 30.4 Å². The standard InChI is InChI=1S/C15H21N3O.2ClH/c1-2-3-9-14-17-13-8-5-4-7-12(13)15(19)18(14)11-6-10-16;;/h4-5,7-8H,2-3,6,9-11,16H2,1H3;2*1H. The van der Waals surface area contributed by atoms with Crippen LogP contribution in [0.3, 0.4) is 0 Å². The Morgan fingerprint density at radius 1 is 1.19 bits per heavy atom. The van der Waals surface area contributed by atoms with Gasteiger partial charge in [0.1, 0.15) is 5.82 Å². The van der Waals surface area contributed by atoms with Crippen molar-refractivity contribution >= 4 is 35.7 Å². The largest absolute Gasteiger partial charge is 0.330 e. The topological polar surface area (TPSA) is 60.9 Å². The molecular weight excluding hydrogens is 309 g/mol. The maximum Gasteiger partial charge on any atom is 0.261 e. The van der Waals surface area contributed by atoms with E-state index >= 15 is 0 Å². The molecular formula is C15H23Cl2N3O. The lowest BCUT2D eigenvalue weighted by atomic mass is 10.2. The highest BCUT2D eigenvalue weighted by Crippen LogP contribution is 2.10. The summed E-state index contributed by atoms with van der Waals surface area (Å²) in [6.45, 7) is 3.39. The highest BCUT2D eigenvalue weighted by atomic mass is 35.5. The Morgan fingerprint density at radius 2 is 1.90 bits per heavy atom. The molecule has 2 aromatic rings. The van der Waals surface area contributed by atoms with Gasteiger partial charge in [0.2, 0.25) is 0 Å². The van der Waals surface area contributed by atoms with E-state index < -0.39 is 0 Å². The smallest absolute Gasteiger partial charge is 0.261 e. The zero-order valence-electron chi connectivity index (χ0n) is 12.2. The molecule has 0 aliphatic carbocycles. The third-order valence-corrected chi connectivity index (χ3v) is 3.28. The van der Waals surface area contributed by atoms with Crippen molar-refractivity contribution in [2.75, 3.05) is 6.54 Å². The van der Waals surface area contributed by atoms with Crippen LogP contribution in [0.5, 0.6) is 0 Å². The van der Waals surface area contributed by atoms with E-state index in [1.165, 1.54) is 0 Å². The Kier molecular flexibility index (Phi) is 9.26. The minimum absolute atomic E-state index is 0. The SMILES string of the molecule is CCCCc1nc2ccccc2c(=O)n1CCCN.Cl.Cl. The maximum absolute atomic E-state index is 12.5. The van der Waals surface area contributed by atoms with E-state index in [0.29, 0.717) is 18.5 Å². The Morgan fingerprint density at radius 3 is 2.57 bits per heavy atom. The average Bonchev–Trinajstić information content (AvgIpc) is 2.44. The van der Waals surface area contributed by atoms with Gasteiger partial charge in [-0.2, -0.15) is 0 Å².